The van der Waals surface area contributed by atoms with Gasteiger partial charge in [0.05, 0.1) is 12.0 Å². The number of aliphatic hydroxyl groups is 2. The highest BCUT2D eigenvalue weighted by molar-refractivity contribution is 7.80. The van der Waals surface area contributed by atoms with Crippen LogP contribution in [0.25, 0.3) is 0 Å². The van der Waals surface area contributed by atoms with Crippen molar-refractivity contribution in [2.24, 2.45) is 0 Å². The number of halogens is 1. The van der Waals surface area contributed by atoms with Gasteiger partial charge in [0.25, 0.3) is 0 Å². The number of carbonyl (C=O) groups is 1. The van der Waals surface area contributed by atoms with Crippen LogP contribution in [0, 0.1) is 0 Å². The third-order valence-corrected chi connectivity index (χ3v) is 2.86. The summed E-state index contributed by atoms with van der Waals surface area (Å²) in [4.78, 5) is 11.2. The van der Waals surface area contributed by atoms with Crippen LogP contribution in [-0.4, -0.2) is 33.7 Å². The smallest absolute Gasteiger partial charge is 0.177 e. The van der Waals surface area contributed by atoms with Crippen LogP contribution in [0.4, 0.5) is 0 Å². The van der Waals surface area contributed by atoms with Gasteiger partial charge in [-0.1, -0.05) is 24.3 Å². The molecule has 0 saturated heterocycles. The highest BCUT2D eigenvalue weighted by Gasteiger charge is 2.16. The van der Waals surface area contributed by atoms with Crippen molar-refractivity contribution in [3.8, 4) is 0 Å². The normalized spacial score (nSPS) is 14.5. The number of ketones is 1. The van der Waals surface area contributed by atoms with Crippen LogP contribution in [0.5, 0.6) is 0 Å². The Bertz CT molecular complexity index is 353. The number of hydrogen-bond donors (Lipinski definition) is 3. The predicted molar refractivity (Wildman–Crippen MR) is 66.3 cm³/mol. The minimum absolute atomic E-state index is 0.0683. The van der Waals surface area contributed by atoms with Gasteiger partial charge in [-0.3, -0.25) is 4.79 Å². The Morgan fingerprint density at radius 3 is 2.31 bits per heavy atom. The molecule has 5 heteroatoms. The molecule has 88 valence electrons. The van der Waals surface area contributed by atoms with Crippen molar-refractivity contribution in [3.63, 3.8) is 0 Å². The molecule has 1 rings (SSSR count). The fourth-order valence-electron chi connectivity index (χ4n) is 1.27. The lowest BCUT2D eigenvalue weighted by Crippen LogP contribution is -2.19. The van der Waals surface area contributed by atoms with Gasteiger partial charge in [-0.15, -0.1) is 11.6 Å². The zero-order valence-electron chi connectivity index (χ0n) is 8.51. The summed E-state index contributed by atoms with van der Waals surface area (Å²) in [7, 11) is 0. The number of carbonyl (C=O) groups excluding carboxylic acids is 1. The van der Waals surface area contributed by atoms with Gasteiger partial charge in [0.15, 0.2) is 5.78 Å². The van der Waals surface area contributed by atoms with Gasteiger partial charge in [-0.25, -0.2) is 0 Å². The molecule has 0 aliphatic heterocycles. The van der Waals surface area contributed by atoms with Crippen LogP contribution in [-0.2, 0) is 0 Å². The third kappa shape index (κ3) is 3.22. The van der Waals surface area contributed by atoms with Gasteiger partial charge in [0.2, 0.25) is 0 Å². The predicted octanol–water partition coefficient (Wildman–Crippen LogP) is 1.43. The number of benzene rings is 1. The fraction of sp³-hybridized carbons (Fsp3) is 0.364. The molecule has 16 heavy (non-hydrogen) atoms. The van der Waals surface area contributed by atoms with Gasteiger partial charge in [-0.2, -0.15) is 12.6 Å². The molecule has 1 aromatic carbocycles. The second-order valence-electron chi connectivity index (χ2n) is 3.37. The van der Waals surface area contributed by atoms with E-state index < -0.39 is 12.2 Å². The number of hydrogen-bond acceptors (Lipinski definition) is 4. The topological polar surface area (TPSA) is 57.5 Å². The first kappa shape index (κ1) is 13.5. The minimum atomic E-state index is -0.988. The molecule has 2 unspecified atom stereocenters. The number of rotatable bonds is 5. The van der Waals surface area contributed by atoms with Crippen molar-refractivity contribution >= 4 is 30.0 Å². The zero-order chi connectivity index (χ0) is 12.1. The maximum Gasteiger partial charge on any atom is 0.177 e. The van der Waals surface area contributed by atoms with E-state index in [9.17, 15) is 15.0 Å². The van der Waals surface area contributed by atoms with E-state index in [0.717, 1.165) is 0 Å². The summed E-state index contributed by atoms with van der Waals surface area (Å²) in [5.74, 6) is -0.0671. The van der Waals surface area contributed by atoms with Crippen LogP contribution in [0.2, 0.25) is 0 Å². The largest absolute Gasteiger partial charge is 0.389 e. The van der Waals surface area contributed by atoms with Crippen LogP contribution >= 0.6 is 24.2 Å². The van der Waals surface area contributed by atoms with Crippen LogP contribution < -0.4 is 0 Å². The Labute approximate surface area is 104 Å². The highest BCUT2D eigenvalue weighted by atomic mass is 35.5. The molecular formula is C11H13ClO3S. The van der Waals surface area contributed by atoms with Crippen molar-refractivity contribution in [2.75, 3.05) is 11.6 Å². The maximum absolute atomic E-state index is 11.2. The van der Waals surface area contributed by atoms with E-state index in [1.54, 1.807) is 24.3 Å². The summed E-state index contributed by atoms with van der Waals surface area (Å²) in [6.45, 7) is 0. The summed E-state index contributed by atoms with van der Waals surface area (Å²) in [5.41, 5.74) is 1.04. The van der Waals surface area contributed by atoms with E-state index in [0.29, 0.717) is 11.1 Å². The summed E-state index contributed by atoms with van der Waals surface area (Å²) >= 11 is 9.30. The first-order valence-corrected chi connectivity index (χ1v) is 5.93. The van der Waals surface area contributed by atoms with Crippen LogP contribution in [0.15, 0.2) is 24.3 Å². The fourth-order valence-corrected chi connectivity index (χ4v) is 1.62. The van der Waals surface area contributed by atoms with Crippen molar-refractivity contribution in [3.05, 3.63) is 35.4 Å². The Balaban J connectivity index is 2.82. The van der Waals surface area contributed by atoms with E-state index in [2.05, 4.69) is 12.6 Å². The highest BCUT2D eigenvalue weighted by Crippen LogP contribution is 2.18. The summed E-state index contributed by atoms with van der Waals surface area (Å²) in [6.07, 6.45) is -1.91. The quantitative estimate of drug-likeness (QED) is 0.427. The SMILES string of the molecule is O=C(CCl)c1ccc(C(O)C(O)CS)cc1. The van der Waals surface area contributed by atoms with Crippen LogP contribution in [0.3, 0.4) is 0 Å². The average Bonchev–Trinajstić information content (AvgIpc) is 2.36. The van der Waals surface area contributed by atoms with E-state index in [1.807, 2.05) is 0 Å². The van der Waals surface area contributed by atoms with Gasteiger partial charge < -0.3 is 10.2 Å². The molecule has 0 radical (unpaired) electrons. The second-order valence-corrected chi connectivity index (χ2v) is 4.01. The monoisotopic (exact) mass is 260 g/mol. The summed E-state index contributed by atoms with van der Waals surface area (Å²) in [5, 5.41) is 19.1. The summed E-state index contributed by atoms with van der Waals surface area (Å²) in [6, 6.07) is 6.34. The number of alkyl halides is 1. The van der Waals surface area contributed by atoms with E-state index in [1.165, 1.54) is 0 Å². The van der Waals surface area contributed by atoms with Crippen molar-refractivity contribution in [1.82, 2.24) is 0 Å². The standard InChI is InChI=1S/C11H13ClO3S/c12-5-9(13)7-1-3-8(4-2-7)11(15)10(14)6-16/h1-4,10-11,14-16H,5-6H2. The maximum atomic E-state index is 11.2. The summed E-state index contributed by atoms with van der Waals surface area (Å²) < 4.78 is 0. The third-order valence-electron chi connectivity index (χ3n) is 2.25. The molecule has 0 heterocycles. The lowest BCUT2D eigenvalue weighted by Gasteiger charge is -2.16. The molecule has 1 aromatic rings. The number of Topliss-reactive ketones (excluding diaryl/α,β-unsaturated/α-hetero) is 1. The van der Waals surface area contributed by atoms with Crippen molar-refractivity contribution < 1.29 is 15.0 Å². The first-order chi connectivity index (χ1) is 7.60. The van der Waals surface area contributed by atoms with Gasteiger partial charge in [0.1, 0.15) is 6.10 Å². The van der Waals surface area contributed by atoms with Crippen molar-refractivity contribution in [1.29, 1.82) is 0 Å². The van der Waals surface area contributed by atoms with Gasteiger partial charge in [-0.05, 0) is 5.56 Å². The number of thiol groups is 1. The van der Waals surface area contributed by atoms with Gasteiger partial charge >= 0.3 is 0 Å². The molecule has 0 bridgehead atoms. The molecule has 0 spiro atoms. The Morgan fingerprint density at radius 1 is 1.31 bits per heavy atom. The molecule has 0 aliphatic carbocycles. The lowest BCUT2D eigenvalue weighted by molar-refractivity contribution is 0.0337. The molecule has 2 atom stereocenters. The lowest BCUT2D eigenvalue weighted by atomic mass is 10.0. The molecule has 3 nitrogen and oxygen atoms in total. The van der Waals surface area contributed by atoms with E-state index >= 15 is 0 Å². The first-order valence-electron chi connectivity index (χ1n) is 4.76. The van der Waals surface area contributed by atoms with Crippen LogP contribution in [0.1, 0.15) is 22.0 Å². The Kier molecular flexibility index (Phi) is 5.28. The molecular weight excluding hydrogens is 248 g/mol. The average molecular weight is 261 g/mol. The Morgan fingerprint density at radius 2 is 1.88 bits per heavy atom. The molecule has 0 aromatic heterocycles. The van der Waals surface area contributed by atoms with Gasteiger partial charge in [0, 0.05) is 11.3 Å². The molecule has 0 saturated carbocycles. The number of aliphatic hydroxyl groups excluding tert-OH is 2. The Hall–Kier alpha value is -0.550. The molecule has 0 amide bonds. The molecule has 0 fully saturated rings. The van der Waals surface area contributed by atoms with E-state index in [4.69, 9.17) is 11.6 Å². The zero-order valence-corrected chi connectivity index (χ0v) is 10.2. The van der Waals surface area contributed by atoms with E-state index in [-0.39, 0.29) is 17.4 Å². The molecule has 2 N–H and O–H groups in total. The van der Waals surface area contributed by atoms with Crippen molar-refractivity contribution in [2.45, 2.75) is 12.2 Å². The minimum Gasteiger partial charge on any atom is -0.389 e. The molecule has 0 aliphatic rings. The second kappa shape index (κ2) is 6.25.